The Bertz CT molecular complexity index is 1340. The molecule has 176 valence electrons. The van der Waals surface area contributed by atoms with Crippen molar-refractivity contribution in [2.24, 2.45) is 0 Å². The molecule has 0 saturated carbocycles. The Morgan fingerprint density at radius 2 is 1.39 bits per heavy atom. The van der Waals surface area contributed by atoms with Crippen LogP contribution in [0.1, 0.15) is 27.0 Å². The van der Waals surface area contributed by atoms with Crippen LogP contribution in [0.5, 0.6) is 5.75 Å². The zero-order chi connectivity index (χ0) is 25.0. The first-order chi connectivity index (χ1) is 15.2. The maximum absolute atomic E-state index is 11.8. The van der Waals surface area contributed by atoms with Crippen LogP contribution in [-0.4, -0.2) is 29.4 Å². The van der Waals surface area contributed by atoms with Crippen molar-refractivity contribution in [1.82, 2.24) is 0 Å². The molecule has 0 bridgehead atoms. The Labute approximate surface area is 199 Å². The monoisotopic (exact) mass is 509 g/mol. The molecule has 3 rings (SSSR count). The number of rotatable bonds is 4. The lowest BCUT2D eigenvalue weighted by molar-refractivity contribution is 0.0734. The summed E-state index contributed by atoms with van der Waals surface area (Å²) in [5, 5.41) is 0.541. The topological polar surface area (TPSA) is 122 Å². The van der Waals surface area contributed by atoms with Crippen LogP contribution in [0, 0.1) is 25.6 Å². The Kier molecular flexibility index (Phi) is 8.42. The summed E-state index contributed by atoms with van der Waals surface area (Å²) in [5.41, 5.74) is 2.54. The molecule has 0 aliphatic heterocycles. The van der Waals surface area contributed by atoms with Crippen LogP contribution in [0.25, 0.3) is 0 Å². The molecule has 3 aromatic carbocycles. The normalized spacial score (nSPS) is 12.8. The zero-order valence-electron chi connectivity index (χ0n) is 18.5. The van der Waals surface area contributed by atoms with E-state index in [1.54, 1.807) is 50.2 Å². The SMILES string of the molecule is CS(=N)(=O)c1ccc(OC(=O)c2ccc(Cl)cc2)cc1.Cc1cc(C)c(S(=O)(=O)O)c(C)c1. The van der Waals surface area contributed by atoms with Gasteiger partial charge in [-0.15, -0.1) is 0 Å². The maximum Gasteiger partial charge on any atom is 0.343 e. The first kappa shape index (κ1) is 26.5. The van der Waals surface area contributed by atoms with Gasteiger partial charge in [-0.1, -0.05) is 29.3 Å². The van der Waals surface area contributed by atoms with Crippen LogP contribution >= 0.6 is 11.6 Å². The van der Waals surface area contributed by atoms with Crippen LogP contribution in [0.3, 0.4) is 0 Å². The van der Waals surface area contributed by atoms with Gasteiger partial charge in [-0.05, 0) is 80.4 Å². The van der Waals surface area contributed by atoms with Gasteiger partial charge in [0.05, 0.1) is 20.2 Å². The minimum absolute atomic E-state index is 0.0260. The number of benzene rings is 3. The van der Waals surface area contributed by atoms with Crippen molar-refractivity contribution in [2.45, 2.75) is 30.6 Å². The molecule has 10 heteroatoms. The molecule has 0 radical (unpaired) electrons. The standard InChI is InChI=1S/C14H12ClNO3S.C9H12O3S/c1-20(16,18)13-8-6-12(7-9-13)19-14(17)10-2-4-11(15)5-3-10;1-6-4-7(2)9(8(3)5-6)13(10,11)12/h2-9,16H,1H3;4-5H,1-3H3,(H,10,11,12). The Morgan fingerprint density at radius 3 is 1.82 bits per heavy atom. The number of esters is 1. The molecule has 0 amide bonds. The lowest BCUT2D eigenvalue weighted by Crippen LogP contribution is -2.08. The third-order valence-electron chi connectivity index (χ3n) is 4.43. The summed E-state index contributed by atoms with van der Waals surface area (Å²) in [5.74, 6) is -0.171. The fraction of sp³-hybridized carbons (Fsp3) is 0.174. The number of aryl methyl sites for hydroxylation is 3. The van der Waals surface area contributed by atoms with Crippen molar-refractivity contribution in [3.63, 3.8) is 0 Å². The van der Waals surface area contributed by atoms with Crippen molar-refractivity contribution in [3.05, 3.63) is 87.9 Å². The van der Waals surface area contributed by atoms with Crippen molar-refractivity contribution < 1.29 is 26.7 Å². The molecule has 0 aliphatic rings. The Balaban J connectivity index is 0.000000257. The summed E-state index contributed by atoms with van der Waals surface area (Å²) < 4.78 is 54.9. The van der Waals surface area contributed by atoms with Gasteiger partial charge in [0.1, 0.15) is 5.75 Å². The molecule has 0 heterocycles. The zero-order valence-corrected chi connectivity index (χ0v) is 20.8. The Hall–Kier alpha value is -2.72. The second kappa shape index (κ2) is 10.5. The molecule has 7 nitrogen and oxygen atoms in total. The number of hydrogen-bond acceptors (Lipinski definition) is 6. The van der Waals surface area contributed by atoms with Crippen LogP contribution in [0.15, 0.2) is 70.5 Å². The van der Waals surface area contributed by atoms with E-state index in [2.05, 4.69) is 0 Å². The molecule has 1 atom stereocenters. The fourth-order valence-corrected chi connectivity index (χ4v) is 4.81. The summed E-state index contributed by atoms with van der Waals surface area (Å²) in [6.07, 6.45) is 1.34. The van der Waals surface area contributed by atoms with Gasteiger partial charge in [0, 0.05) is 16.2 Å². The second-order valence-corrected chi connectivity index (χ2v) is 11.4. The molecule has 0 fully saturated rings. The van der Waals surface area contributed by atoms with Gasteiger partial charge in [-0.25, -0.2) is 13.8 Å². The lowest BCUT2D eigenvalue weighted by Gasteiger charge is -2.07. The van der Waals surface area contributed by atoms with Crippen molar-refractivity contribution in [2.75, 3.05) is 6.26 Å². The van der Waals surface area contributed by atoms with Crippen LogP contribution in [0.2, 0.25) is 5.02 Å². The first-order valence-electron chi connectivity index (χ1n) is 9.55. The Morgan fingerprint density at radius 1 is 0.909 bits per heavy atom. The third kappa shape index (κ3) is 7.68. The predicted molar refractivity (Wildman–Crippen MR) is 128 cm³/mol. The van der Waals surface area contributed by atoms with Crippen molar-refractivity contribution in [3.8, 4) is 5.75 Å². The second-order valence-electron chi connectivity index (χ2n) is 7.41. The van der Waals surface area contributed by atoms with E-state index in [1.165, 1.54) is 30.5 Å². The van der Waals surface area contributed by atoms with Crippen LogP contribution in [-0.2, 0) is 19.8 Å². The minimum Gasteiger partial charge on any atom is -0.423 e. The highest BCUT2D eigenvalue weighted by Crippen LogP contribution is 2.21. The summed E-state index contributed by atoms with van der Waals surface area (Å²) >= 11 is 5.74. The van der Waals surface area contributed by atoms with E-state index in [1.807, 2.05) is 6.92 Å². The third-order valence-corrected chi connectivity index (χ3v) is 7.01. The van der Waals surface area contributed by atoms with E-state index in [4.69, 9.17) is 25.7 Å². The number of carbonyl (C=O) groups excluding carboxylic acids is 1. The number of hydrogen-bond donors (Lipinski definition) is 2. The summed E-state index contributed by atoms with van der Waals surface area (Å²) in [4.78, 5) is 12.3. The van der Waals surface area contributed by atoms with Gasteiger partial charge in [0.15, 0.2) is 0 Å². The molecule has 1 unspecified atom stereocenters. The number of nitrogens with one attached hydrogen (secondary N) is 1. The van der Waals surface area contributed by atoms with Crippen molar-refractivity contribution >= 4 is 37.4 Å². The van der Waals surface area contributed by atoms with E-state index >= 15 is 0 Å². The van der Waals surface area contributed by atoms with Gasteiger partial charge in [-0.2, -0.15) is 8.42 Å². The highest BCUT2D eigenvalue weighted by atomic mass is 35.5. The van der Waals surface area contributed by atoms with Gasteiger partial charge in [-0.3, -0.25) is 4.55 Å². The highest BCUT2D eigenvalue weighted by molar-refractivity contribution is 7.91. The maximum atomic E-state index is 11.8. The van der Waals surface area contributed by atoms with E-state index < -0.39 is 25.8 Å². The quantitative estimate of drug-likeness (QED) is 0.274. The largest absolute Gasteiger partial charge is 0.423 e. The van der Waals surface area contributed by atoms with E-state index in [0.717, 1.165) is 5.56 Å². The molecule has 2 N–H and O–H groups in total. The molecule has 0 aliphatic carbocycles. The average Bonchev–Trinajstić information content (AvgIpc) is 2.66. The van der Waals surface area contributed by atoms with Gasteiger partial charge < -0.3 is 4.74 Å². The van der Waals surface area contributed by atoms with E-state index in [9.17, 15) is 17.4 Å². The number of ether oxygens (including phenoxy) is 1. The van der Waals surface area contributed by atoms with E-state index in [0.29, 0.717) is 32.4 Å². The molecule has 0 spiro atoms. The average molecular weight is 510 g/mol. The molecular weight excluding hydrogens is 486 g/mol. The molecular formula is C23H24ClNO6S2. The smallest absolute Gasteiger partial charge is 0.343 e. The molecule has 0 saturated heterocycles. The first-order valence-corrected chi connectivity index (χ1v) is 13.3. The summed E-state index contributed by atoms with van der Waals surface area (Å²) in [6.45, 7) is 5.22. The molecule has 0 aromatic heterocycles. The predicted octanol–water partition coefficient (Wildman–Crippen LogP) is 5.45. The summed E-state index contributed by atoms with van der Waals surface area (Å²) in [6, 6.07) is 15.9. The fourth-order valence-electron chi connectivity index (χ4n) is 3.09. The number of carbonyl (C=O) groups is 1. The van der Waals surface area contributed by atoms with Gasteiger partial charge >= 0.3 is 5.97 Å². The highest BCUT2D eigenvalue weighted by Gasteiger charge is 2.16. The summed E-state index contributed by atoms with van der Waals surface area (Å²) in [7, 11) is -6.84. The van der Waals surface area contributed by atoms with Gasteiger partial charge in [0.2, 0.25) is 0 Å². The molecule has 3 aromatic rings. The molecule has 33 heavy (non-hydrogen) atoms. The lowest BCUT2D eigenvalue weighted by atomic mass is 10.1. The van der Waals surface area contributed by atoms with E-state index in [-0.39, 0.29) is 4.90 Å². The van der Waals surface area contributed by atoms with Crippen LogP contribution < -0.4 is 4.74 Å². The van der Waals surface area contributed by atoms with Crippen LogP contribution in [0.4, 0.5) is 0 Å². The minimum atomic E-state index is -4.08. The number of halogens is 1. The van der Waals surface area contributed by atoms with Crippen molar-refractivity contribution in [1.29, 1.82) is 4.78 Å². The van der Waals surface area contributed by atoms with Gasteiger partial charge in [0.25, 0.3) is 10.1 Å².